The Morgan fingerprint density at radius 1 is 1.46 bits per heavy atom. The van der Waals surface area contributed by atoms with Crippen LogP contribution < -0.4 is 10.3 Å². The molecule has 1 aliphatic rings. The Kier molecular flexibility index (Phi) is 5.50. The van der Waals surface area contributed by atoms with Crippen LogP contribution in [0.5, 0.6) is 0 Å². The van der Waals surface area contributed by atoms with Crippen LogP contribution >= 0.6 is 11.3 Å². The first-order chi connectivity index (χ1) is 11.7. The zero-order valence-electron chi connectivity index (χ0n) is 13.4. The van der Waals surface area contributed by atoms with E-state index in [1.165, 1.54) is 0 Å². The highest BCUT2D eigenvalue weighted by Gasteiger charge is 2.15. The van der Waals surface area contributed by atoms with Crippen LogP contribution in [0.1, 0.15) is 18.2 Å². The van der Waals surface area contributed by atoms with Crippen LogP contribution in [0.25, 0.3) is 0 Å². The first kappa shape index (κ1) is 16.5. The fourth-order valence-corrected chi connectivity index (χ4v) is 3.15. The molecular weight excluding hydrogens is 326 g/mol. The van der Waals surface area contributed by atoms with E-state index in [9.17, 15) is 4.79 Å². The summed E-state index contributed by atoms with van der Waals surface area (Å²) in [5.41, 5.74) is 4.92. The average Bonchev–Trinajstić information content (AvgIpc) is 3.09. The fraction of sp³-hybridized carbons (Fsp3) is 0.375. The van der Waals surface area contributed by atoms with E-state index in [0.29, 0.717) is 5.71 Å². The third-order valence-corrected chi connectivity index (χ3v) is 4.54. The van der Waals surface area contributed by atoms with Crippen molar-refractivity contribution >= 4 is 28.1 Å². The first-order valence-corrected chi connectivity index (χ1v) is 8.61. The predicted molar refractivity (Wildman–Crippen MR) is 93.4 cm³/mol. The number of morpholine rings is 1. The van der Waals surface area contributed by atoms with Crippen LogP contribution in [0.3, 0.4) is 0 Å². The Balaban J connectivity index is 1.54. The zero-order valence-corrected chi connectivity index (χ0v) is 14.3. The van der Waals surface area contributed by atoms with Crippen LogP contribution in [0.2, 0.25) is 0 Å². The van der Waals surface area contributed by atoms with Crippen LogP contribution in [-0.4, -0.2) is 47.9 Å². The molecule has 0 aliphatic carbocycles. The number of hydrogen-bond donors (Lipinski definition) is 1. The van der Waals surface area contributed by atoms with Gasteiger partial charge in [-0.05, 0) is 13.0 Å². The lowest BCUT2D eigenvalue weighted by Gasteiger charge is -2.26. The molecule has 1 saturated heterocycles. The molecule has 126 valence electrons. The van der Waals surface area contributed by atoms with Gasteiger partial charge in [0.05, 0.1) is 31.0 Å². The van der Waals surface area contributed by atoms with Crippen LogP contribution in [0, 0.1) is 0 Å². The highest BCUT2D eigenvalue weighted by Crippen LogP contribution is 2.21. The average molecular weight is 345 g/mol. The smallest absolute Gasteiger partial charge is 0.246 e. The molecule has 1 aliphatic heterocycles. The van der Waals surface area contributed by atoms with Crippen molar-refractivity contribution in [1.29, 1.82) is 0 Å². The van der Waals surface area contributed by atoms with Gasteiger partial charge in [0.25, 0.3) is 0 Å². The van der Waals surface area contributed by atoms with Gasteiger partial charge < -0.3 is 9.64 Å². The number of hydrazone groups is 1. The van der Waals surface area contributed by atoms with Gasteiger partial charge in [-0.25, -0.2) is 10.4 Å². The molecule has 1 N–H and O–H groups in total. The Morgan fingerprint density at radius 3 is 3.04 bits per heavy atom. The molecule has 8 heteroatoms. The minimum atomic E-state index is -0.183. The lowest BCUT2D eigenvalue weighted by molar-refractivity contribution is -0.120. The summed E-state index contributed by atoms with van der Waals surface area (Å²) < 4.78 is 5.34. The second-order valence-electron chi connectivity index (χ2n) is 5.37. The molecule has 0 saturated carbocycles. The molecular formula is C16H19N5O2S. The van der Waals surface area contributed by atoms with Gasteiger partial charge in [0, 0.05) is 36.4 Å². The van der Waals surface area contributed by atoms with Crippen molar-refractivity contribution in [2.75, 3.05) is 31.2 Å². The second kappa shape index (κ2) is 7.98. The second-order valence-corrected chi connectivity index (χ2v) is 6.21. The van der Waals surface area contributed by atoms with Crippen molar-refractivity contribution in [3.63, 3.8) is 0 Å². The number of aromatic nitrogens is 2. The highest BCUT2D eigenvalue weighted by atomic mass is 32.1. The van der Waals surface area contributed by atoms with Gasteiger partial charge in [-0.1, -0.05) is 6.07 Å². The van der Waals surface area contributed by atoms with E-state index in [1.54, 1.807) is 23.7 Å². The fourth-order valence-electron chi connectivity index (χ4n) is 2.27. The normalized spacial score (nSPS) is 15.4. The number of amides is 1. The SMILES string of the molecule is C/C(=N/NC(=O)Cc1csc(N2CCOCC2)n1)c1cccnc1. The van der Waals surface area contributed by atoms with Gasteiger partial charge >= 0.3 is 0 Å². The van der Waals surface area contributed by atoms with Gasteiger partial charge in [-0.2, -0.15) is 5.10 Å². The summed E-state index contributed by atoms with van der Waals surface area (Å²) in [4.78, 5) is 22.8. The maximum absolute atomic E-state index is 12.0. The van der Waals surface area contributed by atoms with E-state index < -0.39 is 0 Å². The van der Waals surface area contributed by atoms with Crippen LogP contribution in [0.15, 0.2) is 35.0 Å². The van der Waals surface area contributed by atoms with Gasteiger partial charge in [0.15, 0.2) is 5.13 Å². The summed E-state index contributed by atoms with van der Waals surface area (Å²) in [6, 6.07) is 3.73. The highest BCUT2D eigenvalue weighted by molar-refractivity contribution is 7.13. The topological polar surface area (TPSA) is 79.7 Å². The number of ether oxygens (including phenoxy) is 1. The standard InChI is InChI=1S/C16H19N5O2S/c1-12(13-3-2-4-17-10-13)19-20-15(22)9-14-11-24-16(18-14)21-5-7-23-8-6-21/h2-4,10-11H,5-9H2,1H3,(H,20,22)/b19-12-. The number of thiazole rings is 1. The van der Waals surface area contributed by atoms with Crippen molar-refractivity contribution in [3.05, 3.63) is 41.2 Å². The molecule has 2 aromatic heterocycles. The summed E-state index contributed by atoms with van der Waals surface area (Å²) in [7, 11) is 0. The molecule has 7 nitrogen and oxygen atoms in total. The number of carbonyl (C=O) groups is 1. The van der Waals surface area contributed by atoms with Crippen molar-refractivity contribution in [2.24, 2.45) is 5.10 Å². The number of pyridine rings is 1. The monoisotopic (exact) mass is 345 g/mol. The molecule has 2 aromatic rings. The number of hydrogen-bond acceptors (Lipinski definition) is 7. The van der Waals surface area contributed by atoms with E-state index in [4.69, 9.17) is 4.74 Å². The molecule has 0 spiro atoms. The molecule has 3 rings (SSSR count). The Hall–Kier alpha value is -2.32. The van der Waals surface area contributed by atoms with E-state index in [2.05, 4.69) is 25.4 Å². The largest absolute Gasteiger partial charge is 0.378 e. The predicted octanol–water partition coefficient (Wildman–Crippen LogP) is 1.46. The van der Waals surface area contributed by atoms with E-state index in [0.717, 1.165) is 42.7 Å². The summed E-state index contributed by atoms with van der Waals surface area (Å²) in [6.07, 6.45) is 3.62. The molecule has 1 amide bonds. The Morgan fingerprint density at radius 2 is 2.29 bits per heavy atom. The molecule has 0 aromatic carbocycles. The van der Waals surface area contributed by atoms with Gasteiger partial charge in [0.2, 0.25) is 5.91 Å². The van der Waals surface area contributed by atoms with Crippen molar-refractivity contribution in [3.8, 4) is 0 Å². The number of rotatable bonds is 5. The van der Waals surface area contributed by atoms with Gasteiger partial charge in [0.1, 0.15) is 0 Å². The van der Waals surface area contributed by atoms with E-state index in [1.807, 2.05) is 24.4 Å². The molecule has 1 fully saturated rings. The maximum atomic E-state index is 12.0. The van der Waals surface area contributed by atoms with Crippen molar-refractivity contribution < 1.29 is 9.53 Å². The minimum absolute atomic E-state index is 0.183. The summed E-state index contributed by atoms with van der Waals surface area (Å²) in [5, 5.41) is 6.97. The summed E-state index contributed by atoms with van der Waals surface area (Å²) in [6.45, 7) is 4.95. The number of carbonyl (C=O) groups excluding carboxylic acids is 1. The third kappa shape index (κ3) is 4.36. The first-order valence-electron chi connectivity index (χ1n) is 7.73. The zero-order chi connectivity index (χ0) is 16.8. The van der Waals surface area contributed by atoms with Crippen LogP contribution in [-0.2, 0) is 16.0 Å². The minimum Gasteiger partial charge on any atom is -0.378 e. The van der Waals surface area contributed by atoms with Crippen LogP contribution in [0.4, 0.5) is 5.13 Å². The Bertz CT molecular complexity index is 710. The molecule has 0 radical (unpaired) electrons. The summed E-state index contributed by atoms with van der Waals surface area (Å²) in [5.74, 6) is -0.183. The molecule has 3 heterocycles. The third-order valence-electron chi connectivity index (χ3n) is 3.59. The number of anilines is 1. The molecule has 24 heavy (non-hydrogen) atoms. The number of nitrogens with zero attached hydrogens (tertiary/aromatic N) is 4. The summed E-state index contributed by atoms with van der Waals surface area (Å²) >= 11 is 1.55. The maximum Gasteiger partial charge on any atom is 0.246 e. The van der Waals surface area contributed by atoms with E-state index in [-0.39, 0.29) is 12.3 Å². The van der Waals surface area contributed by atoms with Crippen molar-refractivity contribution in [2.45, 2.75) is 13.3 Å². The Labute approximate surface area is 144 Å². The van der Waals surface area contributed by atoms with Crippen molar-refractivity contribution in [1.82, 2.24) is 15.4 Å². The molecule has 0 atom stereocenters. The molecule has 0 unspecified atom stereocenters. The van der Waals surface area contributed by atoms with Gasteiger partial charge in [-0.3, -0.25) is 9.78 Å². The lowest BCUT2D eigenvalue weighted by Crippen LogP contribution is -2.36. The lowest BCUT2D eigenvalue weighted by atomic mass is 10.2. The van der Waals surface area contributed by atoms with Gasteiger partial charge in [-0.15, -0.1) is 11.3 Å². The molecule has 0 bridgehead atoms. The van der Waals surface area contributed by atoms with E-state index >= 15 is 0 Å². The quantitative estimate of drug-likeness (QED) is 0.655. The number of nitrogens with one attached hydrogen (secondary N) is 1.